The Labute approximate surface area is 210 Å². The van der Waals surface area contributed by atoms with E-state index in [0.717, 1.165) is 63.6 Å². The van der Waals surface area contributed by atoms with Crippen LogP contribution in [0.1, 0.15) is 62.6 Å². The van der Waals surface area contributed by atoms with Crippen LogP contribution >= 0.6 is 0 Å². The first kappa shape index (κ1) is 26.2. The number of nitrogens with zero attached hydrogens (tertiary/aromatic N) is 5. The van der Waals surface area contributed by atoms with E-state index >= 15 is 0 Å². The molecule has 4 heterocycles. The highest BCUT2D eigenvalue weighted by Crippen LogP contribution is 2.36. The molecule has 4 rings (SSSR count). The van der Waals surface area contributed by atoms with E-state index < -0.39 is 11.7 Å². The fourth-order valence-corrected chi connectivity index (χ4v) is 4.90. The molecule has 11 heteroatoms. The van der Waals surface area contributed by atoms with Gasteiger partial charge in [-0.1, -0.05) is 6.92 Å². The van der Waals surface area contributed by atoms with E-state index in [4.69, 9.17) is 0 Å². The standard InChI is InChI=1S/C25H36F3N7O/c1-3-33-13-8-19(9-14-33)35-17-18(2)24(32-35)31-22-15-21(20(16-30-22)25(26,27)28)29-10-6-12-34-11-5-4-7-23(34)36/h15-17,19H,3-14H2,1-2H3,(H2,29,30,31,32). The highest BCUT2D eigenvalue weighted by atomic mass is 19.4. The average molecular weight is 508 g/mol. The van der Waals surface area contributed by atoms with E-state index in [1.807, 2.05) is 17.8 Å². The molecule has 0 aliphatic carbocycles. The van der Waals surface area contributed by atoms with Crippen LogP contribution in [0, 0.1) is 6.92 Å². The number of halogens is 3. The van der Waals surface area contributed by atoms with Crippen LogP contribution in [-0.4, -0.2) is 69.7 Å². The molecule has 2 aliphatic rings. The number of aryl methyl sites for hydroxylation is 1. The van der Waals surface area contributed by atoms with Gasteiger partial charge in [0.25, 0.3) is 0 Å². The quantitative estimate of drug-likeness (QED) is 0.474. The summed E-state index contributed by atoms with van der Waals surface area (Å²) in [5.41, 5.74) is 0.0661. The zero-order valence-corrected chi connectivity index (χ0v) is 21.1. The lowest BCUT2D eigenvalue weighted by molar-refractivity contribution is -0.137. The van der Waals surface area contributed by atoms with Gasteiger partial charge in [0.1, 0.15) is 5.82 Å². The van der Waals surface area contributed by atoms with Crippen molar-refractivity contribution >= 4 is 23.2 Å². The molecule has 2 N–H and O–H groups in total. The number of rotatable bonds is 9. The normalized spacial score (nSPS) is 18.0. The number of aromatic nitrogens is 3. The van der Waals surface area contributed by atoms with Crippen molar-refractivity contribution in [3.8, 4) is 0 Å². The second kappa shape index (κ2) is 11.5. The van der Waals surface area contributed by atoms with Crippen molar-refractivity contribution in [2.24, 2.45) is 0 Å². The third-order valence-corrected chi connectivity index (χ3v) is 7.09. The van der Waals surface area contributed by atoms with E-state index in [9.17, 15) is 18.0 Å². The molecule has 2 saturated heterocycles. The summed E-state index contributed by atoms with van der Waals surface area (Å²) in [5.74, 6) is 1.01. The molecule has 0 radical (unpaired) electrons. The van der Waals surface area contributed by atoms with Crippen molar-refractivity contribution < 1.29 is 18.0 Å². The van der Waals surface area contributed by atoms with Gasteiger partial charge in [-0.2, -0.15) is 18.3 Å². The molecule has 0 atom stereocenters. The van der Waals surface area contributed by atoms with Crippen LogP contribution in [0.5, 0.6) is 0 Å². The van der Waals surface area contributed by atoms with Crippen molar-refractivity contribution in [1.82, 2.24) is 24.6 Å². The van der Waals surface area contributed by atoms with Gasteiger partial charge in [-0.15, -0.1) is 0 Å². The topological polar surface area (TPSA) is 78.3 Å². The van der Waals surface area contributed by atoms with E-state index in [1.54, 1.807) is 4.90 Å². The lowest BCUT2D eigenvalue weighted by Gasteiger charge is -2.31. The number of likely N-dealkylation sites (tertiary alicyclic amines) is 2. The molecule has 2 aromatic heterocycles. The third-order valence-electron chi connectivity index (χ3n) is 7.09. The van der Waals surface area contributed by atoms with Crippen molar-refractivity contribution in [3.63, 3.8) is 0 Å². The van der Waals surface area contributed by atoms with Crippen LogP contribution < -0.4 is 10.6 Å². The second-order valence-corrected chi connectivity index (χ2v) is 9.66. The Kier molecular flexibility index (Phi) is 8.38. The van der Waals surface area contributed by atoms with Gasteiger partial charge in [0.15, 0.2) is 5.82 Å². The van der Waals surface area contributed by atoms with Gasteiger partial charge < -0.3 is 20.4 Å². The predicted octanol–water partition coefficient (Wildman–Crippen LogP) is 4.82. The number of alkyl halides is 3. The SMILES string of the molecule is CCN1CCC(n2cc(C)c(Nc3cc(NCCCN4CCCCC4=O)c(C(F)(F)F)cn3)n2)CC1. The van der Waals surface area contributed by atoms with Gasteiger partial charge in [-0.25, -0.2) is 4.98 Å². The molecular weight excluding hydrogens is 471 g/mol. The third kappa shape index (κ3) is 6.48. The number of carbonyl (C=O) groups is 1. The first-order valence-corrected chi connectivity index (χ1v) is 12.9. The summed E-state index contributed by atoms with van der Waals surface area (Å²) >= 11 is 0. The van der Waals surface area contributed by atoms with Gasteiger partial charge >= 0.3 is 6.18 Å². The summed E-state index contributed by atoms with van der Waals surface area (Å²) in [5, 5.41) is 10.7. The number of piperidine rings is 2. The number of pyridine rings is 1. The maximum Gasteiger partial charge on any atom is 0.419 e. The van der Waals surface area contributed by atoms with Crippen LogP contribution in [0.15, 0.2) is 18.5 Å². The Morgan fingerprint density at radius 2 is 1.94 bits per heavy atom. The molecule has 0 unspecified atom stereocenters. The molecule has 0 aromatic carbocycles. The molecule has 198 valence electrons. The molecule has 1 amide bonds. The fraction of sp³-hybridized carbons (Fsp3) is 0.640. The Morgan fingerprint density at radius 3 is 2.64 bits per heavy atom. The van der Waals surface area contributed by atoms with E-state index in [2.05, 4.69) is 32.5 Å². The van der Waals surface area contributed by atoms with Gasteiger partial charge in [0.2, 0.25) is 5.91 Å². The number of anilines is 3. The van der Waals surface area contributed by atoms with Gasteiger partial charge in [0.05, 0.1) is 17.3 Å². The summed E-state index contributed by atoms with van der Waals surface area (Å²) in [6, 6.07) is 1.69. The summed E-state index contributed by atoms with van der Waals surface area (Å²) in [7, 11) is 0. The van der Waals surface area contributed by atoms with E-state index in [1.165, 1.54) is 6.07 Å². The van der Waals surface area contributed by atoms with Crippen molar-refractivity contribution in [1.29, 1.82) is 0 Å². The number of hydrogen-bond acceptors (Lipinski definition) is 6. The molecule has 8 nitrogen and oxygen atoms in total. The Morgan fingerprint density at radius 1 is 1.17 bits per heavy atom. The Hall–Kier alpha value is -2.82. The van der Waals surface area contributed by atoms with Crippen LogP contribution in [0.25, 0.3) is 0 Å². The zero-order valence-electron chi connectivity index (χ0n) is 21.1. The highest BCUT2D eigenvalue weighted by Gasteiger charge is 2.34. The summed E-state index contributed by atoms with van der Waals surface area (Å²) < 4.78 is 42.8. The number of amides is 1. The first-order valence-electron chi connectivity index (χ1n) is 12.9. The second-order valence-electron chi connectivity index (χ2n) is 9.66. The minimum absolute atomic E-state index is 0.0333. The smallest absolute Gasteiger partial charge is 0.384 e. The predicted molar refractivity (Wildman–Crippen MR) is 133 cm³/mol. The number of nitrogens with one attached hydrogen (secondary N) is 2. The van der Waals surface area contributed by atoms with Crippen LogP contribution in [0.2, 0.25) is 0 Å². The maximum absolute atomic E-state index is 13.6. The highest BCUT2D eigenvalue weighted by molar-refractivity contribution is 5.76. The minimum atomic E-state index is -4.53. The van der Waals surface area contributed by atoms with Crippen molar-refractivity contribution in [2.75, 3.05) is 49.9 Å². The summed E-state index contributed by atoms with van der Waals surface area (Å²) in [4.78, 5) is 20.2. The Balaban J connectivity index is 1.41. The molecule has 2 aromatic rings. The first-order chi connectivity index (χ1) is 17.2. The van der Waals surface area contributed by atoms with E-state index in [-0.39, 0.29) is 11.6 Å². The van der Waals surface area contributed by atoms with Crippen LogP contribution in [0.3, 0.4) is 0 Å². The van der Waals surface area contributed by atoms with Crippen molar-refractivity contribution in [3.05, 3.63) is 29.6 Å². The number of hydrogen-bond donors (Lipinski definition) is 2. The van der Waals surface area contributed by atoms with Gasteiger partial charge in [-0.3, -0.25) is 9.48 Å². The lowest BCUT2D eigenvalue weighted by atomic mass is 10.1. The molecule has 0 bridgehead atoms. The lowest BCUT2D eigenvalue weighted by Crippen LogP contribution is -2.36. The fourth-order valence-electron chi connectivity index (χ4n) is 4.90. The van der Waals surface area contributed by atoms with E-state index in [0.29, 0.717) is 43.6 Å². The summed E-state index contributed by atoms with van der Waals surface area (Å²) in [6.07, 6.45) is 3.35. The van der Waals surface area contributed by atoms with Crippen molar-refractivity contribution in [2.45, 2.75) is 64.6 Å². The average Bonchev–Trinajstić information content (AvgIpc) is 3.22. The van der Waals surface area contributed by atoms with Crippen LogP contribution in [0.4, 0.5) is 30.5 Å². The zero-order chi connectivity index (χ0) is 25.7. The molecule has 2 fully saturated rings. The minimum Gasteiger partial charge on any atom is -0.384 e. The molecule has 36 heavy (non-hydrogen) atoms. The molecule has 2 aliphatic heterocycles. The van der Waals surface area contributed by atoms with Gasteiger partial charge in [-0.05, 0) is 45.6 Å². The van der Waals surface area contributed by atoms with Crippen LogP contribution in [-0.2, 0) is 11.0 Å². The molecule has 0 saturated carbocycles. The maximum atomic E-state index is 13.6. The summed E-state index contributed by atoms with van der Waals surface area (Å²) in [6.45, 7) is 8.78. The van der Waals surface area contributed by atoms with Gasteiger partial charge in [0, 0.05) is 63.2 Å². The molecule has 0 spiro atoms. The largest absolute Gasteiger partial charge is 0.419 e. The molecular formula is C25H36F3N7O. The Bertz CT molecular complexity index is 1030. The number of carbonyl (C=O) groups excluding carboxylic acids is 1. The monoisotopic (exact) mass is 507 g/mol.